The van der Waals surface area contributed by atoms with Gasteiger partial charge >= 0.3 is 5.97 Å². The summed E-state index contributed by atoms with van der Waals surface area (Å²) < 4.78 is 0. The quantitative estimate of drug-likeness (QED) is 0.872. The van der Waals surface area contributed by atoms with Gasteiger partial charge in [-0.05, 0) is 48.1 Å². The molecule has 2 fully saturated rings. The molecule has 0 spiro atoms. The lowest BCUT2D eigenvalue weighted by molar-refractivity contribution is -0.144. The number of carbonyl (C=O) groups is 1. The van der Waals surface area contributed by atoms with E-state index >= 15 is 0 Å². The van der Waals surface area contributed by atoms with Crippen LogP contribution >= 0.6 is 0 Å². The van der Waals surface area contributed by atoms with Crippen molar-refractivity contribution in [3.05, 3.63) is 35.4 Å². The predicted octanol–water partition coefficient (Wildman–Crippen LogP) is 3.40. The number of rotatable bonds is 5. The molecule has 2 aliphatic rings. The van der Waals surface area contributed by atoms with Crippen molar-refractivity contribution in [1.29, 1.82) is 0 Å². The molecule has 3 heteroatoms. The van der Waals surface area contributed by atoms with Gasteiger partial charge in [0.25, 0.3) is 0 Å². The first-order valence-electron chi connectivity index (χ1n) is 8.11. The Bertz CT molecular complexity index is 508. The van der Waals surface area contributed by atoms with Crippen LogP contribution in [0.5, 0.6) is 0 Å². The highest BCUT2D eigenvalue weighted by Crippen LogP contribution is 2.48. The van der Waals surface area contributed by atoms with Crippen LogP contribution in [0.3, 0.4) is 0 Å². The Labute approximate surface area is 126 Å². The van der Waals surface area contributed by atoms with Crippen molar-refractivity contribution in [2.75, 3.05) is 0 Å². The van der Waals surface area contributed by atoms with Crippen LogP contribution in [0.15, 0.2) is 24.3 Å². The van der Waals surface area contributed by atoms with Crippen molar-refractivity contribution in [1.82, 2.24) is 5.32 Å². The van der Waals surface area contributed by atoms with E-state index in [-0.39, 0.29) is 12.0 Å². The first-order valence-corrected chi connectivity index (χ1v) is 8.11. The molecule has 0 aliphatic heterocycles. The summed E-state index contributed by atoms with van der Waals surface area (Å²) in [6, 6.07) is 8.83. The molecule has 0 saturated heterocycles. The summed E-state index contributed by atoms with van der Waals surface area (Å²) in [6.45, 7) is 5.16. The molecule has 4 atom stereocenters. The number of hydrogen-bond donors (Lipinski definition) is 2. The van der Waals surface area contributed by atoms with Crippen molar-refractivity contribution in [2.45, 2.75) is 51.6 Å². The third-order valence-electron chi connectivity index (χ3n) is 5.39. The SMILES string of the molecule is CC(C)c1ccc(CNC2C3CCC(C3)C2C(=O)O)cc1. The van der Waals surface area contributed by atoms with Crippen LogP contribution < -0.4 is 5.32 Å². The minimum absolute atomic E-state index is 0.158. The van der Waals surface area contributed by atoms with Crippen LogP contribution in [0, 0.1) is 17.8 Å². The largest absolute Gasteiger partial charge is 0.481 e. The highest BCUT2D eigenvalue weighted by Gasteiger charge is 2.50. The van der Waals surface area contributed by atoms with E-state index in [9.17, 15) is 9.90 Å². The van der Waals surface area contributed by atoms with Crippen LogP contribution in [-0.4, -0.2) is 17.1 Å². The number of fused-ring (bicyclic) bond motifs is 2. The maximum absolute atomic E-state index is 11.5. The number of benzene rings is 1. The van der Waals surface area contributed by atoms with Crippen molar-refractivity contribution in [2.24, 2.45) is 17.8 Å². The third kappa shape index (κ3) is 2.84. The van der Waals surface area contributed by atoms with Gasteiger partial charge in [-0.15, -0.1) is 0 Å². The smallest absolute Gasteiger partial charge is 0.308 e. The van der Waals surface area contributed by atoms with Gasteiger partial charge in [-0.1, -0.05) is 38.1 Å². The van der Waals surface area contributed by atoms with Gasteiger partial charge in [0.15, 0.2) is 0 Å². The van der Waals surface area contributed by atoms with Crippen LogP contribution in [0.1, 0.15) is 50.2 Å². The number of hydrogen-bond acceptors (Lipinski definition) is 2. The number of aliphatic carboxylic acids is 1. The second-order valence-electron chi connectivity index (χ2n) is 7.00. The average molecular weight is 287 g/mol. The fourth-order valence-electron chi connectivity index (χ4n) is 4.20. The highest BCUT2D eigenvalue weighted by atomic mass is 16.4. The standard InChI is InChI=1S/C18H25NO2/c1-11(2)13-5-3-12(4-6-13)10-19-17-15-8-7-14(9-15)16(17)18(20)21/h3-6,11,14-17,19H,7-10H2,1-2H3,(H,20,21). The molecule has 1 aromatic rings. The Hall–Kier alpha value is -1.35. The minimum atomic E-state index is -0.616. The summed E-state index contributed by atoms with van der Waals surface area (Å²) in [5.74, 6) is 0.710. The topological polar surface area (TPSA) is 49.3 Å². The van der Waals surface area contributed by atoms with E-state index in [1.165, 1.54) is 17.5 Å². The Morgan fingerprint density at radius 2 is 1.90 bits per heavy atom. The van der Waals surface area contributed by atoms with Crippen LogP contribution in [0.4, 0.5) is 0 Å². The molecule has 0 amide bonds. The zero-order chi connectivity index (χ0) is 15.0. The zero-order valence-corrected chi connectivity index (χ0v) is 12.9. The molecule has 114 valence electrons. The Morgan fingerprint density at radius 1 is 1.24 bits per heavy atom. The van der Waals surface area contributed by atoms with Crippen molar-refractivity contribution < 1.29 is 9.90 Å². The summed E-state index contributed by atoms with van der Waals surface area (Å²) in [6.07, 6.45) is 3.39. The number of carboxylic acid groups (broad SMARTS) is 1. The molecular formula is C18H25NO2. The van der Waals surface area contributed by atoms with E-state index in [4.69, 9.17) is 0 Å². The van der Waals surface area contributed by atoms with Gasteiger partial charge < -0.3 is 10.4 Å². The molecule has 4 unspecified atom stereocenters. The van der Waals surface area contributed by atoms with Gasteiger partial charge in [-0.2, -0.15) is 0 Å². The molecule has 0 radical (unpaired) electrons. The van der Waals surface area contributed by atoms with Gasteiger partial charge in [0.2, 0.25) is 0 Å². The first kappa shape index (κ1) is 14.6. The van der Waals surface area contributed by atoms with Gasteiger partial charge in [0.1, 0.15) is 0 Å². The van der Waals surface area contributed by atoms with Crippen molar-refractivity contribution in [3.63, 3.8) is 0 Å². The minimum Gasteiger partial charge on any atom is -0.481 e. The van der Waals surface area contributed by atoms with Crippen LogP contribution in [0.25, 0.3) is 0 Å². The van der Waals surface area contributed by atoms with E-state index in [1.54, 1.807) is 0 Å². The predicted molar refractivity (Wildman–Crippen MR) is 83.1 cm³/mol. The molecule has 2 aliphatic carbocycles. The van der Waals surface area contributed by atoms with Gasteiger partial charge in [-0.3, -0.25) is 4.79 Å². The maximum atomic E-state index is 11.5. The van der Waals surface area contributed by atoms with E-state index < -0.39 is 5.97 Å². The number of carboxylic acids is 1. The third-order valence-corrected chi connectivity index (χ3v) is 5.39. The second-order valence-corrected chi connectivity index (χ2v) is 7.00. The Morgan fingerprint density at radius 3 is 2.52 bits per heavy atom. The molecule has 0 aromatic heterocycles. The van der Waals surface area contributed by atoms with Crippen LogP contribution in [-0.2, 0) is 11.3 Å². The molecule has 2 N–H and O–H groups in total. The lowest BCUT2D eigenvalue weighted by atomic mass is 9.84. The molecule has 0 heterocycles. The Balaban J connectivity index is 1.63. The Kier molecular flexibility index (Phi) is 4.03. The normalized spacial score (nSPS) is 31.0. The molecule has 3 rings (SSSR count). The van der Waals surface area contributed by atoms with Gasteiger partial charge in [-0.25, -0.2) is 0 Å². The summed E-state index contributed by atoms with van der Waals surface area (Å²) in [4.78, 5) is 11.5. The van der Waals surface area contributed by atoms with Gasteiger partial charge in [0, 0.05) is 12.6 Å². The fourth-order valence-corrected chi connectivity index (χ4v) is 4.20. The van der Waals surface area contributed by atoms with E-state index in [0.717, 1.165) is 19.4 Å². The van der Waals surface area contributed by atoms with E-state index in [0.29, 0.717) is 17.8 Å². The molecular weight excluding hydrogens is 262 g/mol. The van der Waals surface area contributed by atoms with Crippen molar-refractivity contribution >= 4 is 5.97 Å². The van der Waals surface area contributed by atoms with E-state index in [1.807, 2.05) is 0 Å². The maximum Gasteiger partial charge on any atom is 0.308 e. The monoisotopic (exact) mass is 287 g/mol. The molecule has 3 nitrogen and oxygen atoms in total. The van der Waals surface area contributed by atoms with E-state index in [2.05, 4.69) is 43.4 Å². The molecule has 21 heavy (non-hydrogen) atoms. The summed E-state index contributed by atoms with van der Waals surface area (Å²) >= 11 is 0. The second kappa shape index (κ2) is 5.80. The molecule has 2 bridgehead atoms. The lowest BCUT2D eigenvalue weighted by Gasteiger charge is -2.29. The fraction of sp³-hybridized carbons (Fsp3) is 0.611. The molecule has 1 aromatic carbocycles. The van der Waals surface area contributed by atoms with Crippen LogP contribution in [0.2, 0.25) is 0 Å². The highest BCUT2D eigenvalue weighted by molar-refractivity contribution is 5.72. The summed E-state index contributed by atoms with van der Waals surface area (Å²) in [7, 11) is 0. The van der Waals surface area contributed by atoms with Gasteiger partial charge in [0.05, 0.1) is 5.92 Å². The lowest BCUT2D eigenvalue weighted by Crippen LogP contribution is -2.43. The first-order chi connectivity index (χ1) is 10.1. The average Bonchev–Trinajstić information content (AvgIpc) is 3.06. The zero-order valence-electron chi connectivity index (χ0n) is 12.9. The van der Waals surface area contributed by atoms with Crippen molar-refractivity contribution in [3.8, 4) is 0 Å². The summed E-state index contributed by atoms with van der Waals surface area (Å²) in [5, 5.41) is 13.0. The number of nitrogens with one attached hydrogen (secondary N) is 1. The summed E-state index contributed by atoms with van der Waals surface area (Å²) in [5.41, 5.74) is 2.59. The molecule has 2 saturated carbocycles.